The average molecular weight is 371 g/mol. The molecule has 0 spiro atoms. The van der Waals surface area contributed by atoms with Crippen LogP contribution in [0, 0.1) is 0 Å². The first-order chi connectivity index (χ1) is 13.2. The van der Waals surface area contributed by atoms with Gasteiger partial charge in [0.25, 0.3) is 5.91 Å². The van der Waals surface area contributed by atoms with Crippen molar-refractivity contribution < 1.29 is 19.0 Å². The number of amides is 1. The maximum atomic E-state index is 12.7. The minimum absolute atomic E-state index is 0.218. The molecule has 0 radical (unpaired) electrons. The molecule has 1 aromatic carbocycles. The van der Waals surface area contributed by atoms with Crippen LogP contribution in [0.4, 0.5) is 11.5 Å². The molecule has 1 aliphatic heterocycles. The highest BCUT2D eigenvalue weighted by Gasteiger charge is 2.17. The summed E-state index contributed by atoms with van der Waals surface area (Å²) < 4.78 is 16.0. The quantitative estimate of drug-likeness (QED) is 0.840. The third-order valence-electron chi connectivity index (χ3n) is 4.61. The number of nitrogens with one attached hydrogen (secondary N) is 1. The van der Waals surface area contributed by atoms with E-state index in [0.717, 1.165) is 31.7 Å². The van der Waals surface area contributed by atoms with Crippen LogP contribution >= 0.6 is 0 Å². The fourth-order valence-corrected chi connectivity index (χ4v) is 3.21. The highest BCUT2D eigenvalue weighted by atomic mass is 16.5. The van der Waals surface area contributed by atoms with E-state index >= 15 is 0 Å². The Morgan fingerprint density at radius 3 is 2.26 bits per heavy atom. The Kier molecular flexibility index (Phi) is 6.01. The number of pyridine rings is 1. The zero-order valence-electron chi connectivity index (χ0n) is 15.9. The molecule has 144 valence electrons. The predicted molar refractivity (Wildman–Crippen MR) is 104 cm³/mol. The van der Waals surface area contributed by atoms with Crippen LogP contribution in [0.1, 0.15) is 29.6 Å². The van der Waals surface area contributed by atoms with Gasteiger partial charge in [0.1, 0.15) is 5.82 Å². The van der Waals surface area contributed by atoms with Crippen molar-refractivity contribution in [3.05, 3.63) is 36.0 Å². The van der Waals surface area contributed by atoms with E-state index in [2.05, 4.69) is 15.2 Å². The van der Waals surface area contributed by atoms with Crippen LogP contribution in [0.15, 0.2) is 30.5 Å². The number of benzene rings is 1. The largest absolute Gasteiger partial charge is 0.493 e. The topological polar surface area (TPSA) is 72.9 Å². The van der Waals surface area contributed by atoms with Gasteiger partial charge in [0, 0.05) is 42.7 Å². The van der Waals surface area contributed by atoms with Gasteiger partial charge >= 0.3 is 0 Å². The van der Waals surface area contributed by atoms with Crippen LogP contribution in [0.25, 0.3) is 0 Å². The summed E-state index contributed by atoms with van der Waals surface area (Å²) in [6, 6.07) is 6.94. The summed E-state index contributed by atoms with van der Waals surface area (Å²) in [5.41, 5.74) is 1.12. The number of methoxy groups -OCH3 is 3. The standard InChI is InChI=1S/C20H25N3O4/c1-25-16-12-15(13-17(26-2)19(16)27-3)22-20(24)14-7-8-21-18(11-14)23-9-5-4-6-10-23/h7-8,11-13H,4-6,9-10H2,1-3H3,(H,22,24). The summed E-state index contributed by atoms with van der Waals surface area (Å²) in [6.45, 7) is 1.95. The lowest BCUT2D eigenvalue weighted by Crippen LogP contribution is -2.30. The summed E-state index contributed by atoms with van der Waals surface area (Å²) in [7, 11) is 4.62. The Morgan fingerprint density at radius 1 is 1.00 bits per heavy atom. The lowest BCUT2D eigenvalue weighted by atomic mass is 10.1. The van der Waals surface area contributed by atoms with Gasteiger partial charge in [-0.2, -0.15) is 0 Å². The smallest absolute Gasteiger partial charge is 0.255 e. The second-order valence-electron chi connectivity index (χ2n) is 6.32. The molecule has 1 amide bonds. The molecule has 1 saturated heterocycles. The molecule has 7 nitrogen and oxygen atoms in total. The van der Waals surface area contributed by atoms with Gasteiger partial charge in [-0.3, -0.25) is 4.79 Å². The molecule has 1 fully saturated rings. The molecule has 1 N–H and O–H groups in total. The van der Waals surface area contributed by atoms with Gasteiger partial charge in [-0.1, -0.05) is 0 Å². The van der Waals surface area contributed by atoms with Crippen LogP contribution in [0.3, 0.4) is 0 Å². The first-order valence-corrected chi connectivity index (χ1v) is 8.98. The van der Waals surface area contributed by atoms with E-state index in [1.807, 2.05) is 6.07 Å². The third kappa shape index (κ3) is 4.24. The van der Waals surface area contributed by atoms with Gasteiger partial charge in [0.2, 0.25) is 5.75 Å². The van der Waals surface area contributed by atoms with Gasteiger partial charge < -0.3 is 24.4 Å². The Balaban J connectivity index is 1.81. The van der Waals surface area contributed by atoms with Crippen LogP contribution in [0.2, 0.25) is 0 Å². The molecule has 0 atom stereocenters. The summed E-state index contributed by atoms with van der Waals surface area (Å²) >= 11 is 0. The highest BCUT2D eigenvalue weighted by Crippen LogP contribution is 2.40. The van der Waals surface area contributed by atoms with Crippen molar-refractivity contribution in [3.8, 4) is 17.2 Å². The zero-order valence-corrected chi connectivity index (χ0v) is 15.9. The van der Waals surface area contributed by atoms with Crippen molar-refractivity contribution in [2.75, 3.05) is 44.6 Å². The molecule has 0 bridgehead atoms. The summed E-state index contributed by atoms with van der Waals surface area (Å²) in [5.74, 6) is 2.07. The van der Waals surface area contributed by atoms with Gasteiger partial charge in [-0.25, -0.2) is 4.98 Å². The van der Waals surface area contributed by atoms with E-state index in [4.69, 9.17) is 14.2 Å². The molecule has 1 aromatic heterocycles. The fraction of sp³-hybridized carbons (Fsp3) is 0.400. The van der Waals surface area contributed by atoms with Crippen LogP contribution in [0.5, 0.6) is 17.2 Å². The second-order valence-corrected chi connectivity index (χ2v) is 6.32. The van der Waals surface area contributed by atoms with E-state index in [9.17, 15) is 4.79 Å². The number of nitrogens with zero attached hydrogens (tertiary/aromatic N) is 2. The Labute approximate surface area is 159 Å². The van der Waals surface area contributed by atoms with Gasteiger partial charge in [-0.05, 0) is 31.4 Å². The van der Waals surface area contributed by atoms with Crippen LogP contribution in [-0.4, -0.2) is 45.3 Å². The normalized spacial score (nSPS) is 13.8. The summed E-state index contributed by atoms with van der Waals surface area (Å²) in [5, 5.41) is 2.89. The van der Waals surface area contributed by atoms with E-state index < -0.39 is 0 Å². The third-order valence-corrected chi connectivity index (χ3v) is 4.61. The first-order valence-electron chi connectivity index (χ1n) is 8.98. The number of hydrogen-bond donors (Lipinski definition) is 1. The van der Waals surface area contributed by atoms with E-state index in [1.54, 1.807) is 24.4 Å². The molecular weight excluding hydrogens is 346 g/mol. The molecule has 0 aliphatic carbocycles. The van der Waals surface area contributed by atoms with Gasteiger partial charge in [-0.15, -0.1) is 0 Å². The van der Waals surface area contributed by atoms with Crippen molar-refractivity contribution in [2.45, 2.75) is 19.3 Å². The molecule has 0 saturated carbocycles. The van der Waals surface area contributed by atoms with Crippen molar-refractivity contribution in [3.63, 3.8) is 0 Å². The van der Waals surface area contributed by atoms with Crippen LogP contribution < -0.4 is 24.4 Å². The minimum atomic E-state index is -0.218. The number of piperidine rings is 1. The van der Waals surface area contributed by atoms with E-state index in [1.165, 1.54) is 27.8 Å². The molecule has 1 aliphatic rings. The number of aromatic nitrogens is 1. The number of anilines is 2. The maximum absolute atomic E-state index is 12.7. The van der Waals surface area contributed by atoms with Crippen molar-refractivity contribution in [1.29, 1.82) is 0 Å². The summed E-state index contributed by atoms with van der Waals surface area (Å²) in [6.07, 6.45) is 5.24. The number of carbonyl (C=O) groups excluding carboxylic acids is 1. The monoisotopic (exact) mass is 371 g/mol. The van der Waals surface area contributed by atoms with E-state index in [0.29, 0.717) is 28.5 Å². The molecule has 27 heavy (non-hydrogen) atoms. The SMILES string of the molecule is COc1cc(NC(=O)c2ccnc(N3CCCCC3)c2)cc(OC)c1OC. The molecule has 7 heteroatoms. The maximum Gasteiger partial charge on any atom is 0.255 e. The molecule has 2 aromatic rings. The van der Waals surface area contributed by atoms with Crippen molar-refractivity contribution in [2.24, 2.45) is 0 Å². The number of hydrogen-bond acceptors (Lipinski definition) is 6. The molecule has 2 heterocycles. The lowest BCUT2D eigenvalue weighted by molar-refractivity contribution is 0.102. The van der Waals surface area contributed by atoms with Crippen molar-refractivity contribution in [1.82, 2.24) is 4.98 Å². The van der Waals surface area contributed by atoms with Crippen LogP contribution in [-0.2, 0) is 0 Å². The highest BCUT2D eigenvalue weighted by molar-refractivity contribution is 6.05. The van der Waals surface area contributed by atoms with Gasteiger partial charge in [0.05, 0.1) is 21.3 Å². The Bertz CT molecular complexity index is 779. The minimum Gasteiger partial charge on any atom is -0.493 e. The molecule has 0 unspecified atom stereocenters. The second kappa shape index (κ2) is 8.62. The number of carbonyl (C=O) groups is 1. The fourth-order valence-electron chi connectivity index (χ4n) is 3.21. The molecule has 3 rings (SSSR count). The van der Waals surface area contributed by atoms with Crippen molar-refractivity contribution >= 4 is 17.4 Å². The Hall–Kier alpha value is -2.96. The Morgan fingerprint density at radius 2 is 1.67 bits per heavy atom. The first kappa shape index (κ1) is 18.8. The number of ether oxygens (including phenoxy) is 3. The average Bonchev–Trinajstić information content (AvgIpc) is 2.73. The van der Waals surface area contributed by atoms with E-state index in [-0.39, 0.29) is 5.91 Å². The lowest BCUT2D eigenvalue weighted by Gasteiger charge is -2.27. The summed E-state index contributed by atoms with van der Waals surface area (Å²) in [4.78, 5) is 19.4. The number of rotatable bonds is 6. The zero-order chi connectivity index (χ0) is 19.2. The van der Waals surface area contributed by atoms with Gasteiger partial charge in [0.15, 0.2) is 11.5 Å². The predicted octanol–water partition coefficient (Wildman–Crippen LogP) is 3.35. The molecular formula is C20H25N3O4.